The van der Waals surface area contributed by atoms with Gasteiger partial charge in [0.2, 0.25) is 0 Å². The molecule has 2 rings (SSSR count). The summed E-state index contributed by atoms with van der Waals surface area (Å²) in [6.07, 6.45) is 3.54. The Morgan fingerprint density at radius 3 is 2.85 bits per heavy atom. The SMILES string of the molecule is Brc1ccccc1Nc1cn[nH]c1. The first-order valence-electron chi connectivity index (χ1n) is 3.86. The van der Waals surface area contributed by atoms with Gasteiger partial charge < -0.3 is 5.32 Å². The molecule has 0 amide bonds. The third-order valence-electron chi connectivity index (χ3n) is 1.65. The maximum atomic E-state index is 3.85. The molecule has 4 heteroatoms. The van der Waals surface area contributed by atoms with E-state index in [0.29, 0.717) is 0 Å². The first-order chi connectivity index (χ1) is 6.36. The number of halogens is 1. The highest BCUT2D eigenvalue weighted by Gasteiger charge is 1.98. The Kier molecular flexibility index (Phi) is 2.31. The van der Waals surface area contributed by atoms with Crippen LogP contribution in [0.2, 0.25) is 0 Å². The molecular weight excluding hydrogens is 230 g/mol. The second kappa shape index (κ2) is 3.62. The van der Waals surface area contributed by atoms with Crippen LogP contribution in [0.25, 0.3) is 0 Å². The van der Waals surface area contributed by atoms with Gasteiger partial charge in [0.1, 0.15) is 0 Å². The van der Waals surface area contributed by atoms with Crippen molar-refractivity contribution in [3.05, 3.63) is 41.1 Å². The highest BCUT2D eigenvalue weighted by molar-refractivity contribution is 9.10. The Bertz CT molecular complexity index is 384. The Hall–Kier alpha value is -1.29. The van der Waals surface area contributed by atoms with E-state index in [1.54, 1.807) is 12.4 Å². The van der Waals surface area contributed by atoms with Crippen molar-refractivity contribution in [1.29, 1.82) is 0 Å². The number of hydrogen-bond acceptors (Lipinski definition) is 2. The van der Waals surface area contributed by atoms with Gasteiger partial charge in [0.05, 0.1) is 17.6 Å². The maximum absolute atomic E-state index is 3.85. The number of nitrogens with zero attached hydrogens (tertiary/aromatic N) is 1. The fourth-order valence-electron chi connectivity index (χ4n) is 1.04. The number of H-pyrrole nitrogens is 1. The molecule has 2 aromatic rings. The average Bonchev–Trinajstić information content (AvgIpc) is 2.61. The number of anilines is 2. The minimum atomic E-state index is 0.951. The van der Waals surface area contributed by atoms with Gasteiger partial charge in [0.25, 0.3) is 0 Å². The van der Waals surface area contributed by atoms with E-state index in [1.165, 1.54) is 0 Å². The predicted octanol–water partition coefficient (Wildman–Crippen LogP) is 2.92. The van der Waals surface area contributed by atoms with Crippen molar-refractivity contribution in [3.8, 4) is 0 Å². The quantitative estimate of drug-likeness (QED) is 0.844. The molecule has 0 atom stereocenters. The summed E-state index contributed by atoms with van der Waals surface area (Å²) < 4.78 is 1.04. The lowest BCUT2D eigenvalue weighted by molar-refractivity contribution is 1.09. The number of para-hydroxylation sites is 1. The average molecular weight is 238 g/mol. The number of nitrogens with one attached hydrogen (secondary N) is 2. The zero-order valence-corrected chi connectivity index (χ0v) is 8.38. The molecule has 2 N–H and O–H groups in total. The lowest BCUT2D eigenvalue weighted by atomic mass is 10.3. The minimum Gasteiger partial charge on any atom is -0.352 e. The smallest absolute Gasteiger partial charge is 0.0768 e. The zero-order chi connectivity index (χ0) is 9.10. The molecule has 0 saturated carbocycles. The van der Waals surface area contributed by atoms with E-state index in [9.17, 15) is 0 Å². The molecule has 1 aromatic heterocycles. The van der Waals surface area contributed by atoms with Crippen LogP contribution in [0.5, 0.6) is 0 Å². The van der Waals surface area contributed by atoms with Gasteiger partial charge in [-0.3, -0.25) is 5.10 Å². The first-order valence-corrected chi connectivity index (χ1v) is 4.66. The molecule has 0 spiro atoms. The van der Waals surface area contributed by atoms with Crippen LogP contribution in [0.3, 0.4) is 0 Å². The molecule has 0 saturated heterocycles. The van der Waals surface area contributed by atoms with E-state index in [-0.39, 0.29) is 0 Å². The zero-order valence-electron chi connectivity index (χ0n) is 6.79. The van der Waals surface area contributed by atoms with Crippen LogP contribution < -0.4 is 5.32 Å². The molecule has 1 heterocycles. The fourth-order valence-corrected chi connectivity index (χ4v) is 1.42. The first kappa shape index (κ1) is 8.31. The minimum absolute atomic E-state index is 0.951. The number of aromatic amines is 1. The van der Waals surface area contributed by atoms with E-state index in [0.717, 1.165) is 15.8 Å². The molecule has 3 nitrogen and oxygen atoms in total. The van der Waals surface area contributed by atoms with Crippen molar-refractivity contribution in [2.75, 3.05) is 5.32 Å². The number of hydrogen-bond donors (Lipinski definition) is 2. The number of rotatable bonds is 2. The van der Waals surface area contributed by atoms with Gasteiger partial charge in [-0.25, -0.2) is 0 Å². The summed E-state index contributed by atoms with van der Waals surface area (Å²) in [5, 5.41) is 9.80. The van der Waals surface area contributed by atoms with E-state index in [2.05, 4.69) is 31.4 Å². The van der Waals surface area contributed by atoms with Gasteiger partial charge in [-0.05, 0) is 28.1 Å². The van der Waals surface area contributed by atoms with E-state index >= 15 is 0 Å². The van der Waals surface area contributed by atoms with Gasteiger partial charge >= 0.3 is 0 Å². The summed E-state index contributed by atoms with van der Waals surface area (Å²) >= 11 is 3.45. The van der Waals surface area contributed by atoms with Crippen LogP contribution in [0.4, 0.5) is 11.4 Å². The Balaban J connectivity index is 2.24. The fraction of sp³-hybridized carbons (Fsp3) is 0. The summed E-state index contributed by atoms with van der Waals surface area (Å²) in [6.45, 7) is 0. The van der Waals surface area contributed by atoms with Gasteiger partial charge in [0, 0.05) is 10.7 Å². The summed E-state index contributed by atoms with van der Waals surface area (Å²) in [5.74, 6) is 0. The molecule has 0 aliphatic carbocycles. The van der Waals surface area contributed by atoms with Crippen LogP contribution in [0.1, 0.15) is 0 Å². The molecule has 0 unspecified atom stereocenters. The predicted molar refractivity (Wildman–Crippen MR) is 56.0 cm³/mol. The maximum Gasteiger partial charge on any atom is 0.0768 e. The third-order valence-corrected chi connectivity index (χ3v) is 2.34. The summed E-state index contributed by atoms with van der Waals surface area (Å²) in [4.78, 5) is 0. The van der Waals surface area contributed by atoms with Crippen LogP contribution >= 0.6 is 15.9 Å². The molecule has 0 bridgehead atoms. The van der Waals surface area contributed by atoms with E-state index in [1.807, 2.05) is 24.3 Å². The number of benzene rings is 1. The molecule has 0 fully saturated rings. The van der Waals surface area contributed by atoms with Crippen molar-refractivity contribution in [3.63, 3.8) is 0 Å². The van der Waals surface area contributed by atoms with E-state index in [4.69, 9.17) is 0 Å². The molecular formula is C9H8BrN3. The van der Waals surface area contributed by atoms with Gasteiger partial charge in [-0.15, -0.1) is 0 Å². The lowest BCUT2D eigenvalue weighted by Gasteiger charge is -2.04. The standard InChI is InChI=1S/C9H8BrN3/c10-8-3-1-2-4-9(8)13-7-5-11-12-6-7/h1-6,13H,(H,11,12). The Morgan fingerprint density at radius 2 is 2.15 bits per heavy atom. The molecule has 0 radical (unpaired) electrons. The van der Waals surface area contributed by atoms with Crippen LogP contribution in [-0.2, 0) is 0 Å². The Labute approximate surface area is 84.3 Å². The molecule has 1 aromatic carbocycles. The van der Waals surface area contributed by atoms with Crippen LogP contribution in [-0.4, -0.2) is 10.2 Å². The summed E-state index contributed by atoms with van der Waals surface area (Å²) in [7, 11) is 0. The highest BCUT2D eigenvalue weighted by Crippen LogP contribution is 2.24. The van der Waals surface area contributed by atoms with Crippen molar-refractivity contribution in [2.24, 2.45) is 0 Å². The molecule has 13 heavy (non-hydrogen) atoms. The third kappa shape index (κ3) is 1.89. The van der Waals surface area contributed by atoms with Gasteiger partial charge in [0.15, 0.2) is 0 Å². The monoisotopic (exact) mass is 237 g/mol. The Morgan fingerprint density at radius 1 is 1.31 bits per heavy atom. The molecule has 0 aliphatic rings. The summed E-state index contributed by atoms with van der Waals surface area (Å²) in [6, 6.07) is 7.94. The highest BCUT2D eigenvalue weighted by atomic mass is 79.9. The second-order valence-electron chi connectivity index (χ2n) is 2.59. The molecule has 66 valence electrons. The molecule has 0 aliphatic heterocycles. The van der Waals surface area contributed by atoms with Gasteiger partial charge in [-0.1, -0.05) is 12.1 Å². The topological polar surface area (TPSA) is 40.7 Å². The summed E-state index contributed by atoms with van der Waals surface area (Å²) in [5.41, 5.74) is 1.98. The van der Waals surface area contributed by atoms with E-state index < -0.39 is 0 Å². The van der Waals surface area contributed by atoms with Crippen molar-refractivity contribution in [1.82, 2.24) is 10.2 Å². The van der Waals surface area contributed by atoms with Crippen LogP contribution in [0.15, 0.2) is 41.1 Å². The lowest BCUT2D eigenvalue weighted by Crippen LogP contribution is -1.88. The number of aromatic nitrogens is 2. The normalized spacial score (nSPS) is 9.92. The van der Waals surface area contributed by atoms with Gasteiger partial charge in [-0.2, -0.15) is 5.10 Å². The van der Waals surface area contributed by atoms with Crippen molar-refractivity contribution in [2.45, 2.75) is 0 Å². The second-order valence-corrected chi connectivity index (χ2v) is 3.45. The van der Waals surface area contributed by atoms with Crippen molar-refractivity contribution >= 4 is 27.3 Å². The largest absolute Gasteiger partial charge is 0.352 e. The van der Waals surface area contributed by atoms with Crippen molar-refractivity contribution < 1.29 is 0 Å². The van der Waals surface area contributed by atoms with Crippen LogP contribution in [0, 0.1) is 0 Å².